The molecule has 1 saturated heterocycles. The van der Waals surface area contributed by atoms with Gasteiger partial charge in [-0.1, -0.05) is 11.6 Å². The average molecular weight is 451 g/mol. The molecule has 0 spiro atoms. The van der Waals surface area contributed by atoms with Crippen molar-refractivity contribution < 1.29 is 13.5 Å². The molecular formula is C23H29ClF2N4O. The summed E-state index contributed by atoms with van der Waals surface area (Å²) in [6.45, 7) is 1.92. The highest BCUT2D eigenvalue weighted by molar-refractivity contribution is 6.29. The van der Waals surface area contributed by atoms with Gasteiger partial charge in [0.05, 0.1) is 11.9 Å². The van der Waals surface area contributed by atoms with Gasteiger partial charge in [-0.15, -0.1) is 0 Å². The quantitative estimate of drug-likeness (QED) is 0.580. The molecule has 1 aliphatic heterocycles. The van der Waals surface area contributed by atoms with Crippen molar-refractivity contribution in [1.29, 1.82) is 0 Å². The Kier molecular flexibility index (Phi) is 7.56. The van der Waals surface area contributed by atoms with Gasteiger partial charge in [0.1, 0.15) is 29.9 Å². The second kappa shape index (κ2) is 10.6. The van der Waals surface area contributed by atoms with Gasteiger partial charge in [0, 0.05) is 43.1 Å². The predicted octanol–water partition coefficient (Wildman–Crippen LogP) is 5.30. The fraction of sp³-hybridized carbons (Fsp3) is 0.565. The van der Waals surface area contributed by atoms with E-state index >= 15 is 0 Å². The van der Waals surface area contributed by atoms with Crippen LogP contribution < -0.4 is 10.1 Å². The first-order valence-electron chi connectivity index (χ1n) is 11.1. The number of rotatable bonds is 7. The van der Waals surface area contributed by atoms with E-state index in [1.165, 1.54) is 0 Å². The molecule has 8 heteroatoms. The lowest BCUT2D eigenvalue weighted by atomic mass is 9.93. The molecule has 31 heavy (non-hydrogen) atoms. The van der Waals surface area contributed by atoms with Crippen LogP contribution >= 0.6 is 11.6 Å². The largest absolute Gasteiger partial charge is 0.489 e. The number of ether oxygens (including phenoxy) is 1. The lowest BCUT2D eigenvalue weighted by Gasteiger charge is -2.31. The third-order valence-corrected chi connectivity index (χ3v) is 6.34. The van der Waals surface area contributed by atoms with Crippen molar-refractivity contribution >= 4 is 17.3 Å². The molecule has 1 N–H and O–H groups in total. The Bertz CT molecular complexity index is 838. The first-order chi connectivity index (χ1) is 15.1. The summed E-state index contributed by atoms with van der Waals surface area (Å²) in [5.41, 5.74) is 2.50. The third-order valence-electron chi connectivity index (χ3n) is 6.14. The molecule has 2 aliphatic rings. The molecule has 3 heterocycles. The van der Waals surface area contributed by atoms with E-state index in [2.05, 4.69) is 20.2 Å². The summed E-state index contributed by atoms with van der Waals surface area (Å²) in [5, 5.41) is 3.92. The number of hydrogen-bond donors (Lipinski definition) is 1. The summed E-state index contributed by atoms with van der Waals surface area (Å²) in [6.07, 6.45) is 7.43. The first-order valence-corrected chi connectivity index (χ1v) is 11.5. The zero-order chi connectivity index (χ0) is 21.6. The second-order valence-electron chi connectivity index (χ2n) is 8.37. The zero-order valence-corrected chi connectivity index (χ0v) is 18.3. The van der Waals surface area contributed by atoms with E-state index in [9.17, 15) is 8.78 Å². The smallest absolute Gasteiger partial charge is 0.138 e. The van der Waals surface area contributed by atoms with Crippen LogP contribution in [0, 0.1) is 0 Å². The van der Waals surface area contributed by atoms with Crippen molar-refractivity contribution in [3.05, 3.63) is 35.7 Å². The Labute approximate surface area is 187 Å². The van der Waals surface area contributed by atoms with E-state index in [1.54, 1.807) is 18.5 Å². The minimum absolute atomic E-state index is 0.128. The van der Waals surface area contributed by atoms with Crippen LogP contribution in [0.5, 0.6) is 5.75 Å². The van der Waals surface area contributed by atoms with Gasteiger partial charge in [0.15, 0.2) is 0 Å². The zero-order valence-electron chi connectivity index (χ0n) is 17.6. The average Bonchev–Trinajstić information content (AvgIpc) is 2.78. The molecule has 2 aromatic heterocycles. The Hall–Kier alpha value is -1.99. The standard InChI is InChI=1S/C23H29ClF2N4O/c24-23-13-22(29-17-3-1-16(26)2-4-17)20(15-28-23)21-6-5-19(14-27-21)31-18-7-10-30(11-8-18)12-9-25/h5-6,13-18H,1-4,7-12H2,(H,28,29). The minimum atomic E-state index is -0.691. The SMILES string of the molecule is FCCN1CCC(Oc2ccc(-c3cnc(Cl)cc3NC3CCC(F)CC3)nc2)CC1. The lowest BCUT2D eigenvalue weighted by Crippen LogP contribution is -2.39. The Morgan fingerprint density at radius 2 is 1.84 bits per heavy atom. The summed E-state index contributed by atoms with van der Waals surface area (Å²) >= 11 is 6.13. The number of anilines is 1. The highest BCUT2D eigenvalue weighted by Gasteiger charge is 2.22. The molecule has 0 amide bonds. The van der Waals surface area contributed by atoms with Crippen LogP contribution in [-0.2, 0) is 0 Å². The number of aromatic nitrogens is 2. The van der Waals surface area contributed by atoms with Crippen LogP contribution in [0.3, 0.4) is 0 Å². The number of pyridine rings is 2. The van der Waals surface area contributed by atoms with E-state index in [0.717, 1.165) is 61.5 Å². The van der Waals surface area contributed by atoms with Gasteiger partial charge in [0.2, 0.25) is 0 Å². The van der Waals surface area contributed by atoms with Crippen LogP contribution in [0.25, 0.3) is 11.3 Å². The van der Waals surface area contributed by atoms with Crippen LogP contribution in [0.1, 0.15) is 38.5 Å². The summed E-state index contributed by atoms with van der Waals surface area (Å²) in [6, 6.07) is 5.86. The van der Waals surface area contributed by atoms with Crippen LogP contribution in [-0.4, -0.2) is 59.5 Å². The molecule has 0 unspecified atom stereocenters. The maximum absolute atomic E-state index is 13.5. The molecule has 5 nitrogen and oxygen atoms in total. The summed E-state index contributed by atoms with van der Waals surface area (Å²) in [7, 11) is 0. The van der Waals surface area contributed by atoms with Gasteiger partial charge in [-0.3, -0.25) is 4.98 Å². The van der Waals surface area contributed by atoms with E-state index in [4.69, 9.17) is 16.3 Å². The maximum Gasteiger partial charge on any atom is 0.138 e. The number of alkyl halides is 2. The molecule has 4 rings (SSSR count). The molecule has 2 aromatic rings. The molecular weight excluding hydrogens is 422 g/mol. The molecule has 0 bridgehead atoms. The van der Waals surface area contributed by atoms with Crippen molar-refractivity contribution in [1.82, 2.24) is 14.9 Å². The van der Waals surface area contributed by atoms with Crippen LogP contribution in [0.15, 0.2) is 30.6 Å². The van der Waals surface area contributed by atoms with Gasteiger partial charge in [0.25, 0.3) is 0 Å². The lowest BCUT2D eigenvalue weighted by molar-refractivity contribution is 0.0966. The van der Waals surface area contributed by atoms with E-state index in [0.29, 0.717) is 24.5 Å². The number of likely N-dealkylation sites (tertiary alicyclic amines) is 1. The second-order valence-corrected chi connectivity index (χ2v) is 8.76. The molecule has 0 aromatic carbocycles. The number of piperidine rings is 1. The highest BCUT2D eigenvalue weighted by Crippen LogP contribution is 2.32. The van der Waals surface area contributed by atoms with Gasteiger partial charge >= 0.3 is 0 Å². The molecule has 1 saturated carbocycles. The summed E-state index contributed by atoms with van der Waals surface area (Å²) in [4.78, 5) is 10.9. The number of hydrogen-bond acceptors (Lipinski definition) is 5. The van der Waals surface area contributed by atoms with Crippen molar-refractivity contribution in [3.63, 3.8) is 0 Å². The Morgan fingerprint density at radius 1 is 1.06 bits per heavy atom. The van der Waals surface area contributed by atoms with Gasteiger partial charge in [-0.05, 0) is 56.7 Å². The minimum Gasteiger partial charge on any atom is -0.489 e. The first kappa shape index (κ1) is 22.2. The van der Waals surface area contributed by atoms with Crippen molar-refractivity contribution in [2.75, 3.05) is 31.6 Å². The molecule has 0 atom stereocenters. The summed E-state index contributed by atoms with van der Waals surface area (Å²) < 4.78 is 32.0. The van der Waals surface area contributed by atoms with Crippen LogP contribution in [0.2, 0.25) is 5.15 Å². The Balaban J connectivity index is 1.40. The monoisotopic (exact) mass is 450 g/mol. The molecule has 0 radical (unpaired) electrons. The number of nitrogens with zero attached hydrogens (tertiary/aromatic N) is 3. The fourth-order valence-electron chi connectivity index (χ4n) is 4.34. The maximum atomic E-state index is 13.5. The van der Waals surface area contributed by atoms with E-state index in [1.807, 2.05) is 12.1 Å². The number of nitrogens with one attached hydrogen (secondary N) is 1. The third kappa shape index (κ3) is 6.04. The molecule has 1 aliphatic carbocycles. The van der Waals surface area contributed by atoms with E-state index in [-0.39, 0.29) is 18.8 Å². The van der Waals surface area contributed by atoms with Crippen molar-refractivity contribution in [3.8, 4) is 17.0 Å². The van der Waals surface area contributed by atoms with E-state index < -0.39 is 6.17 Å². The summed E-state index contributed by atoms with van der Waals surface area (Å²) in [5.74, 6) is 0.727. The van der Waals surface area contributed by atoms with Crippen molar-refractivity contribution in [2.45, 2.75) is 56.8 Å². The Morgan fingerprint density at radius 3 is 2.52 bits per heavy atom. The highest BCUT2D eigenvalue weighted by atomic mass is 35.5. The fourth-order valence-corrected chi connectivity index (χ4v) is 4.50. The van der Waals surface area contributed by atoms with Crippen molar-refractivity contribution in [2.24, 2.45) is 0 Å². The predicted molar refractivity (Wildman–Crippen MR) is 119 cm³/mol. The van der Waals surface area contributed by atoms with Gasteiger partial charge in [-0.25, -0.2) is 13.8 Å². The number of halogens is 3. The van der Waals surface area contributed by atoms with Gasteiger partial charge in [-0.2, -0.15) is 0 Å². The van der Waals surface area contributed by atoms with Gasteiger partial charge < -0.3 is 15.0 Å². The normalized spacial score (nSPS) is 22.9. The topological polar surface area (TPSA) is 50.3 Å². The molecule has 2 fully saturated rings. The molecule has 168 valence electrons. The van der Waals surface area contributed by atoms with Crippen LogP contribution in [0.4, 0.5) is 14.5 Å².